The van der Waals surface area contributed by atoms with Gasteiger partial charge in [-0.2, -0.15) is 0 Å². The van der Waals surface area contributed by atoms with Crippen molar-refractivity contribution in [1.29, 1.82) is 0 Å². The highest BCUT2D eigenvalue weighted by Crippen LogP contribution is 2.13. The number of aromatic hydroxyl groups is 1. The number of phenolic OH excluding ortho intramolecular Hbond substituents is 1. The second kappa shape index (κ2) is 16.2. The van der Waals surface area contributed by atoms with E-state index in [0.29, 0.717) is 24.1 Å². The van der Waals surface area contributed by atoms with Gasteiger partial charge in [0.2, 0.25) is 23.6 Å². The van der Waals surface area contributed by atoms with Crippen molar-refractivity contribution in [2.24, 2.45) is 5.73 Å². The number of nitrogens with two attached hydrogens (primary N) is 1. The van der Waals surface area contributed by atoms with E-state index in [9.17, 15) is 34.2 Å². The molecule has 2 aromatic rings. The van der Waals surface area contributed by atoms with Crippen LogP contribution in [0, 0.1) is 0 Å². The summed E-state index contributed by atoms with van der Waals surface area (Å²) >= 11 is 0. The van der Waals surface area contributed by atoms with Gasteiger partial charge in [-0.25, -0.2) is 4.79 Å². The Bertz CT molecular complexity index is 1190. The molecule has 0 radical (unpaired) electrons. The van der Waals surface area contributed by atoms with Gasteiger partial charge >= 0.3 is 5.97 Å². The summed E-state index contributed by atoms with van der Waals surface area (Å²) in [6.45, 7) is 0.671. The first-order valence-electron chi connectivity index (χ1n) is 13.1. The number of primary amides is 1. The number of carbonyl (C=O) groups is 5. The molecular weight excluding hydrogens is 554 g/mol. The Labute approximate surface area is 243 Å². The molecule has 0 saturated carbocycles. The van der Waals surface area contributed by atoms with Crippen molar-refractivity contribution in [3.05, 3.63) is 65.7 Å². The van der Waals surface area contributed by atoms with E-state index >= 15 is 0 Å². The monoisotopic (exact) mass is 589 g/mol. The Kier molecular flexibility index (Phi) is 13.0. The SMILES string of the molecule is Cl.NC(=O)CC[C@H](NC(=O)[C@@H]1CCCN1)C(=O)N[C@@H](Cc1ccccc1)C(=O)N[C@@H](Cc1ccc(O)cc1)C(=O)O. The molecule has 13 heteroatoms. The number of halogens is 1. The van der Waals surface area contributed by atoms with Gasteiger partial charge in [-0.1, -0.05) is 42.5 Å². The normalized spacial score (nSPS) is 16.3. The van der Waals surface area contributed by atoms with Crippen molar-refractivity contribution < 1.29 is 34.2 Å². The van der Waals surface area contributed by atoms with Crippen LogP contribution >= 0.6 is 12.4 Å². The van der Waals surface area contributed by atoms with E-state index in [4.69, 9.17) is 5.73 Å². The van der Waals surface area contributed by atoms with Gasteiger partial charge < -0.3 is 37.2 Å². The van der Waals surface area contributed by atoms with Crippen LogP contribution in [0.25, 0.3) is 0 Å². The zero-order chi connectivity index (χ0) is 29.1. The molecule has 4 amide bonds. The van der Waals surface area contributed by atoms with Crippen molar-refractivity contribution >= 4 is 42.0 Å². The van der Waals surface area contributed by atoms with Gasteiger partial charge in [0, 0.05) is 19.3 Å². The van der Waals surface area contributed by atoms with E-state index in [1.165, 1.54) is 12.1 Å². The van der Waals surface area contributed by atoms with E-state index in [-0.39, 0.29) is 43.8 Å². The van der Waals surface area contributed by atoms with Crippen LogP contribution in [0.1, 0.15) is 36.8 Å². The number of hydrogen-bond acceptors (Lipinski definition) is 7. The van der Waals surface area contributed by atoms with Gasteiger partial charge in [-0.3, -0.25) is 19.2 Å². The number of carboxylic acids is 1. The van der Waals surface area contributed by atoms with E-state index in [1.54, 1.807) is 42.5 Å². The van der Waals surface area contributed by atoms with Crippen LogP contribution < -0.4 is 27.0 Å². The fraction of sp³-hybridized carbons (Fsp3) is 0.393. The molecule has 2 aromatic carbocycles. The van der Waals surface area contributed by atoms with Gasteiger partial charge in [0.15, 0.2) is 0 Å². The Hall–Kier alpha value is -4.16. The molecule has 0 bridgehead atoms. The number of carboxylic acid groups (broad SMARTS) is 1. The van der Waals surface area contributed by atoms with Crippen molar-refractivity contribution in [2.45, 2.75) is 62.7 Å². The molecular formula is C28H36ClN5O7. The third kappa shape index (κ3) is 10.7. The van der Waals surface area contributed by atoms with E-state index < -0.39 is 53.8 Å². The molecule has 41 heavy (non-hydrogen) atoms. The first kappa shape index (κ1) is 33.0. The summed E-state index contributed by atoms with van der Waals surface area (Å²) in [5.74, 6) is -3.74. The first-order chi connectivity index (χ1) is 19.1. The number of rotatable bonds is 14. The molecule has 0 aromatic heterocycles. The van der Waals surface area contributed by atoms with Crippen molar-refractivity contribution in [2.75, 3.05) is 6.54 Å². The summed E-state index contributed by atoms with van der Waals surface area (Å²) in [4.78, 5) is 62.8. The molecule has 3 rings (SSSR count). The highest BCUT2D eigenvalue weighted by atomic mass is 35.5. The highest BCUT2D eigenvalue weighted by Gasteiger charge is 2.32. The lowest BCUT2D eigenvalue weighted by Crippen LogP contribution is -2.57. The number of hydrogen-bond donors (Lipinski definition) is 7. The Balaban J connectivity index is 0.00000588. The van der Waals surface area contributed by atoms with Crippen LogP contribution in [0.15, 0.2) is 54.6 Å². The van der Waals surface area contributed by atoms with Crippen LogP contribution in [-0.4, -0.2) is 70.5 Å². The smallest absolute Gasteiger partial charge is 0.326 e. The second-order valence-corrected chi connectivity index (χ2v) is 9.74. The summed E-state index contributed by atoms with van der Waals surface area (Å²) < 4.78 is 0. The Morgan fingerprint density at radius 1 is 0.854 bits per heavy atom. The third-order valence-corrected chi connectivity index (χ3v) is 6.60. The number of benzene rings is 2. The van der Waals surface area contributed by atoms with Crippen LogP contribution in [0.3, 0.4) is 0 Å². The predicted molar refractivity (Wildman–Crippen MR) is 152 cm³/mol. The summed E-state index contributed by atoms with van der Waals surface area (Å²) in [5, 5.41) is 30.1. The van der Waals surface area contributed by atoms with Gasteiger partial charge in [-0.05, 0) is 49.1 Å². The summed E-state index contributed by atoms with van der Waals surface area (Å²) in [6, 6.07) is 10.7. The molecule has 1 aliphatic heterocycles. The molecule has 1 fully saturated rings. The fourth-order valence-electron chi connectivity index (χ4n) is 4.41. The molecule has 4 atom stereocenters. The molecule has 1 heterocycles. The molecule has 1 aliphatic rings. The number of phenols is 1. The minimum Gasteiger partial charge on any atom is -0.508 e. The molecule has 0 spiro atoms. The summed E-state index contributed by atoms with van der Waals surface area (Å²) in [5.41, 5.74) is 6.55. The maximum atomic E-state index is 13.4. The predicted octanol–water partition coefficient (Wildman–Crippen LogP) is 0.156. The fourth-order valence-corrected chi connectivity index (χ4v) is 4.41. The number of aliphatic carboxylic acids is 1. The van der Waals surface area contributed by atoms with Crippen molar-refractivity contribution in [3.8, 4) is 5.75 Å². The quantitative estimate of drug-likeness (QED) is 0.161. The Morgan fingerprint density at radius 2 is 1.44 bits per heavy atom. The maximum absolute atomic E-state index is 13.4. The zero-order valence-electron chi connectivity index (χ0n) is 22.4. The highest BCUT2D eigenvalue weighted by molar-refractivity contribution is 5.94. The average Bonchev–Trinajstić information content (AvgIpc) is 3.47. The van der Waals surface area contributed by atoms with E-state index in [1.807, 2.05) is 0 Å². The Morgan fingerprint density at radius 3 is 2.02 bits per heavy atom. The minimum absolute atomic E-state index is 0. The van der Waals surface area contributed by atoms with Crippen LogP contribution in [0.5, 0.6) is 5.75 Å². The number of carbonyl (C=O) groups excluding carboxylic acids is 4. The van der Waals surface area contributed by atoms with Gasteiger partial charge in [0.1, 0.15) is 23.9 Å². The molecule has 12 nitrogen and oxygen atoms in total. The van der Waals surface area contributed by atoms with Gasteiger partial charge in [0.05, 0.1) is 6.04 Å². The number of nitrogens with one attached hydrogen (secondary N) is 4. The maximum Gasteiger partial charge on any atom is 0.326 e. The number of amides is 4. The molecule has 0 unspecified atom stereocenters. The molecule has 8 N–H and O–H groups in total. The van der Waals surface area contributed by atoms with Crippen LogP contribution in [0.4, 0.5) is 0 Å². The lowest BCUT2D eigenvalue weighted by atomic mass is 10.0. The first-order valence-corrected chi connectivity index (χ1v) is 13.1. The van der Waals surface area contributed by atoms with Crippen LogP contribution in [-0.2, 0) is 36.8 Å². The van der Waals surface area contributed by atoms with Crippen LogP contribution in [0.2, 0.25) is 0 Å². The second-order valence-electron chi connectivity index (χ2n) is 9.74. The lowest BCUT2D eigenvalue weighted by Gasteiger charge is -2.25. The van der Waals surface area contributed by atoms with E-state index in [2.05, 4.69) is 21.3 Å². The molecule has 0 aliphatic carbocycles. The summed E-state index contributed by atoms with van der Waals surface area (Å²) in [6.07, 6.45) is 1.17. The molecule has 1 saturated heterocycles. The third-order valence-electron chi connectivity index (χ3n) is 6.60. The summed E-state index contributed by atoms with van der Waals surface area (Å²) in [7, 11) is 0. The van der Waals surface area contributed by atoms with Gasteiger partial charge in [0.25, 0.3) is 0 Å². The standard InChI is InChI=1S/C28H35N5O7.ClH/c29-24(35)13-12-21(31-25(36)20-7-4-14-30-20)26(37)32-22(15-17-5-2-1-3-6-17)27(38)33-23(28(39)40)16-18-8-10-19(34)11-9-18;/h1-3,5-6,8-11,20-23,30,34H,4,7,12-16H2,(H2,29,35)(H,31,36)(H,32,37)(H,33,38)(H,39,40);1H/t20-,21-,22-,23-;/m0./s1. The minimum atomic E-state index is -1.31. The largest absolute Gasteiger partial charge is 0.508 e. The van der Waals surface area contributed by atoms with E-state index in [0.717, 1.165) is 6.42 Å². The molecule has 222 valence electrons. The van der Waals surface area contributed by atoms with Crippen molar-refractivity contribution in [3.63, 3.8) is 0 Å². The average molecular weight is 590 g/mol. The zero-order valence-corrected chi connectivity index (χ0v) is 23.2. The topological polar surface area (TPSA) is 200 Å². The van der Waals surface area contributed by atoms with Gasteiger partial charge in [-0.15, -0.1) is 12.4 Å². The lowest BCUT2D eigenvalue weighted by molar-refractivity contribution is -0.142. The van der Waals surface area contributed by atoms with Crippen molar-refractivity contribution in [1.82, 2.24) is 21.3 Å².